The molecule has 9 heteroatoms. The lowest BCUT2D eigenvalue weighted by molar-refractivity contribution is -0.120. The van der Waals surface area contributed by atoms with E-state index in [1.165, 1.54) is 0 Å². The molecule has 5 N–H and O–H groups in total. The van der Waals surface area contributed by atoms with Crippen LogP contribution in [0.15, 0.2) is 24.3 Å². The molecule has 1 aliphatic rings. The maximum Gasteiger partial charge on any atom is 0.319 e. The topological polar surface area (TPSA) is 99.5 Å². The van der Waals surface area contributed by atoms with Crippen LogP contribution in [-0.2, 0) is 4.79 Å². The highest BCUT2D eigenvalue weighted by molar-refractivity contribution is 5.97. The van der Waals surface area contributed by atoms with Gasteiger partial charge in [0.2, 0.25) is 5.91 Å². The Labute approximate surface area is 167 Å². The SMILES string of the molecule is CN1CCC(NC(=O)Nc2ccc(NC(=O)C(C)(C)N)cc2)CC1.Cl.Cl. The van der Waals surface area contributed by atoms with Gasteiger partial charge in [-0.2, -0.15) is 0 Å². The van der Waals surface area contributed by atoms with Gasteiger partial charge in [-0.1, -0.05) is 0 Å². The van der Waals surface area contributed by atoms with E-state index in [1.54, 1.807) is 38.1 Å². The Kier molecular flexibility index (Phi) is 9.94. The summed E-state index contributed by atoms with van der Waals surface area (Å²) in [7, 11) is 2.09. The van der Waals surface area contributed by atoms with E-state index in [-0.39, 0.29) is 42.8 Å². The molecule has 1 aromatic carbocycles. The Morgan fingerprint density at radius 2 is 1.50 bits per heavy atom. The summed E-state index contributed by atoms with van der Waals surface area (Å²) in [5.74, 6) is -0.261. The van der Waals surface area contributed by atoms with Crippen LogP contribution in [0.25, 0.3) is 0 Å². The minimum absolute atomic E-state index is 0. The van der Waals surface area contributed by atoms with E-state index < -0.39 is 5.54 Å². The van der Waals surface area contributed by atoms with E-state index in [1.807, 2.05) is 0 Å². The third-order valence-electron chi connectivity index (χ3n) is 4.04. The number of likely N-dealkylation sites (tertiary alicyclic amines) is 1. The molecule has 0 unspecified atom stereocenters. The second-order valence-corrected chi connectivity index (χ2v) is 6.93. The van der Waals surface area contributed by atoms with Crippen LogP contribution in [0.1, 0.15) is 26.7 Å². The number of hydrogen-bond donors (Lipinski definition) is 4. The fourth-order valence-corrected chi connectivity index (χ4v) is 2.43. The van der Waals surface area contributed by atoms with Gasteiger partial charge in [-0.25, -0.2) is 4.79 Å². The summed E-state index contributed by atoms with van der Waals surface area (Å²) in [6.07, 6.45) is 1.92. The van der Waals surface area contributed by atoms with Crippen molar-refractivity contribution in [2.75, 3.05) is 30.8 Å². The Bertz CT molecular complexity index is 582. The molecule has 1 aromatic rings. The van der Waals surface area contributed by atoms with Crippen LogP contribution in [0.5, 0.6) is 0 Å². The number of amides is 3. The highest BCUT2D eigenvalue weighted by atomic mass is 35.5. The van der Waals surface area contributed by atoms with Crippen molar-refractivity contribution in [1.29, 1.82) is 0 Å². The highest BCUT2D eigenvalue weighted by Gasteiger charge is 2.22. The molecule has 148 valence electrons. The van der Waals surface area contributed by atoms with E-state index in [4.69, 9.17) is 5.73 Å². The molecule has 0 radical (unpaired) electrons. The van der Waals surface area contributed by atoms with E-state index in [9.17, 15) is 9.59 Å². The molecule has 0 atom stereocenters. The van der Waals surface area contributed by atoms with Crippen LogP contribution in [-0.4, -0.2) is 48.6 Å². The van der Waals surface area contributed by atoms with Crippen LogP contribution in [0, 0.1) is 0 Å². The summed E-state index contributed by atoms with van der Waals surface area (Å²) in [5.41, 5.74) is 6.11. The quantitative estimate of drug-likeness (QED) is 0.617. The van der Waals surface area contributed by atoms with Gasteiger partial charge >= 0.3 is 6.03 Å². The monoisotopic (exact) mass is 405 g/mol. The smallest absolute Gasteiger partial charge is 0.319 e. The standard InChI is InChI=1S/C17H27N5O2.2ClH/c1-17(2,18)15(23)19-12-4-6-13(7-5-12)20-16(24)21-14-8-10-22(3)11-9-14;;/h4-7,14H,8-11,18H2,1-3H3,(H,19,23)(H2,20,21,24);2*1H. The molecule has 0 bridgehead atoms. The number of carbonyl (C=O) groups is 2. The van der Waals surface area contributed by atoms with Crippen molar-refractivity contribution in [2.45, 2.75) is 38.3 Å². The Balaban J connectivity index is 0.00000312. The fraction of sp³-hybridized carbons (Fsp3) is 0.529. The van der Waals surface area contributed by atoms with Crippen LogP contribution >= 0.6 is 24.8 Å². The average molecular weight is 406 g/mol. The first-order chi connectivity index (χ1) is 11.2. The van der Waals surface area contributed by atoms with Gasteiger partial charge in [0.15, 0.2) is 0 Å². The second-order valence-electron chi connectivity index (χ2n) is 6.93. The van der Waals surface area contributed by atoms with Crippen molar-refractivity contribution in [3.05, 3.63) is 24.3 Å². The summed E-state index contributed by atoms with van der Waals surface area (Å²) < 4.78 is 0. The van der Waals surface area contributed by atoms with Crippen LogP contribution in [0.2, 0.25) is 0 Å². The maximum absolute atomic E-state index is 12.0. The van der Waals surface area contributed by atoms with Crippen LogP contribution in [0.3, 0.4) is 0 Å². The molecule has 7 nitrogen and oxygen atoms in total. The van der Waals surface area contributed by atoms with Gasteiger partial charge in [0.25, 0.3) is 0 Å². The summed E-state index contributed by atoms with van der Waals surface area (Å²) in [6.45, 7) is 5.28. The summed E-state index contributed by atoms with van der Waals surface area (Å²) in [4.78, 5) is 26.1. The molecular weight excluding hydrogens is 377 g/mol. The first-order valence-corrected chi connectivity index (χ1v) is 8.20. The number of hydrogen-bond acceptors (Lipinski definition) is 4. The zero-order valence-electron chi connectivity index (χ0n) is 15.4. The van der Waals surface area contributed by atoms with Gasteiger partial charge in [-0.15, -0.1) is 24.8 Å². The Morgan fingerprint density at radius 3 is 1.96 bits per heavy atom. The highest BCUT2D eigenvalue weighted by Crippen LogP contribution is 2.15. The molecule has 0 aromatic heterocycles. The second kappa shape index (κ2) is 10.6. The largest absolute Gasteiger partial charge is 0.335 e. The van der Waals surface area contributed by atoms with Crippen molar-refractivity contribution in [3.63, 3.8) is 0 Å². The molecule has 1 heterocycles. The van der Waals surface area contributed by atoms with Crippen molar-refractivity contribution in [2.24, 2.45) is 5.73 Å². The van der Waals surface area contributed by atoms with Gasteiger partial charge in [0, 0.05) is 17.4 Å². The molecule has 1 fully saturated rings. The molecule has 0 spiro atoms. The molecular formula is C17H29Cl2N5O2. The molecule has 1 aliphatic heterocycles. The molecule has 2 rings (SSSR count). The predicted octanol–water partition coefficient (Wildman–Crippen LogP) is 2.42. The van der Waals surface area contributed by atoms with Crippen molar-refractivity contribution >= 4 is 48.1 Å². The number of anilines is 2. The normalized spacial score (nSPS) is 15.2. The number of nitrogens with zero attached hydrogens (tertiary/aromatic N) is 1. The number of rotatable bonds is 4. The van der Waals surface area contributed by atoms with Crippen molar-refractivity contribution in [1.82, 2.24) is 10.2 Å². The summed E-state index contributed by atoms with van der Waals surface area (Å²) in [6, 6.07) is 6.96. The minimum atomic E-state index is -0.940. The zero-order valence-corrected chi connectivity index (χ0v) is 17.0. The van der Waals surface area contributed by atoms with Crippen LogP contribution < -0.4 is 21.7 Å². The lowest BCUT2D eigenvalue weighted by Gasteiger charge is -2.29. The summed E-state index contributed by atoms with van der Waals surface area (Å²) in [5, 5.41) is 8.54. The third kappa shape index (κ3) is 7.78. The number of carbonyl (C=O) groups excluding carboxylic acids is 2. The van der Waals surface area contributed by atoms with Crippen molar-refractivity contribution in [3.8, 4) is 0 Å². The molecule has 3 amide bonds. The van der Waals surface area contributed by atoms with E-state index >= 15 is 0 Å². The number of nitrogens with two attached hydrogens (primary N) is 1. The molecule has 0 saturated carbocycles. The Morgan fingerprint density at radius 1 is 1.04 bits per heavy atom. The molecule has 26 heavy (non-hydrogen) atoms. The van der Waals surface area contributed by atoms with E-state index in [0.717, 1.165) is 25.9 Å². The number of halogens is 2. The summed E-state index contributed by atoms with van der Waals surface area (Å²) >= 11 is 0. The lowest BCUT2D eigenvalue weighted by atomic mass is 10.1. The first kappa shape index (κ1) is 24.5. The fourth-order valence-electron chi connectivity index (χ4n) is 2.43. The minimum Gasteiger partial charge on any atom is -0.335 e. The zero-order chi connectivity index (χ0) is 17.7. The number of urea groups is 1. The molecule has 0 aliphatic carbocycles. The lowest BCUT2D eigenvalue weighted by Crippen LogP contribution is -2.45. The van der Waals surface area contributed by atoms with Crippen LogP contribution in [0.4, 0.5) is 16.2 Å². The number of benzene rings is 1. The van der Waals surface area contributed by atoms with Gasteiger partial charge < -0.3 is 26.6 Å². The van der Waals surface area contributed by atoms with E-state index in [0.29, 0.717) is 11.4 Å². The van der Waals surface area contributed by atoms with Gasteiger partial charge in [-0.3, -0.25) is 4.79 Å². The maximum atomic E-state index is 12.0. The number of piperidine rings is 1. The van der Waals surface area contributed by atoms with Gasteiger partial charge in [0.1, 0.15) is 0 Å². The first-order valence-electron chi connectivity index (χ1n) is 8.20. The number of nitrogens with one attached hydrogen (secondary N) is 3. The van der Waals surface area contributed by atoms with Gasteiger partial charge in [-0.05, 0) is 71.1 Å². The van der Waals surface area contributed by atoms with E-state index in [2.05, 4.69) is 27.9 Å². The Hall–Kier alpha value is -1.54. The average Bonchev–Trinajstić information content (AvgIpc) is 2.50. The van der Waals surface area contributed by atoms with Crippen molar-refractivity contribution < 1.29 is 9.59 Å². The molecule has 1 saturated heterocycles. The third-order valence-corrected chi connectivity index (χ3v) is 4.04. The van der Waals surface area contributed by atoms with Gasteiger partial charge in [0.05, 0.1) is 5.54 Å². The predicted molar refractivity (Wildman–Crippen MR) is 111 cm³/mol.